The van der Waals surface area contributed by atoms with Crippen molar-refractivity contribution >= 4 is 11.9 Å². The first-order valence-corrected chi connectivity index (χ1v) is 4.95. The lowest BCUT2D eigenvalue weighted by Gasteiger charge is -2.08. The van der Waals surface area contributed by atoms with Gasteiger partial charge in [0, 0.05) is 12.8 Å². The lowest BCUT2D eigenvalue weighted by atomic mass is 10.1. The highest BCUT2D eigenvalue weighted by atomic mass is 16.6. The summed E-state index contributed by atoms with van der Waals surface area (Å²) in [5.74, 6) is -0.247. The first kappa shape index (κ1) is 11.0. The topological polar surface area (TPSA) is 52.6 Å². The summed E-state index contributed by atoms with van der Waals surface area (Å²) >= 11 is 0. The molecule has 4 nitrogen and oxygen atoms in total. The number of carbonyl (C=O) groups is 2. The van der Waals surface area contributed by atoms with E-state index in [1.54, 1.807) is 0 Å². The van der Waals surface area contributed by atoms with Crippen molar-refractivity contribution in [1.82, 2.24) is 0 Å². The Bertz CT molecular complexity index is 222. The van der Waals surface area contributed by atoms with Gasteiger partial charge in [0.05, 0.1) is 6.61 Å². The van der Waals surface area contributed by atoms with E-state index in [9.17, 15) is 9.59 Å². The molecule has 0 aliphatic carbocycles. The average Bonchev–Trinajstić information content (AvgIpc) is 2.49. The maximum Gasteiger partial charge on any atom is 0.347 e. The van der Waals surface area contributed by atoms with Crippen molar-refractivity contribution in [2.75, 3.05) is 6.61 Å². The van der Waals surface area contributed by atoms with Gasteiger partial charge in [-0.1, -0.05) is 13.8 Å². The molecule has 1 unspecified atom stereocenters. The summed E-state index contributed by atoms with van der Waals surface area (Å²) in [4.78, 5) is 22.2. The van der Waals surface area contributed by atoms with E-state index in [4.69, 9.17) is 4.74 Å². The zero-order valence-electron chi connectivity index (χ0n) is 8.62. The van der Waals surface area contributed by atoms with Crippen LogP contribution in [0.4, 0.5) is 0 Å². The summed E-state index contributed by atoms with van der Waals surface area (Å²) in [6.45, 7) is 4.44. The average molecular weight is 200 g/mol. The maximum atomic E-state index is 11.2. The molecule has 1 aliphatic heterocycles. The van der Waals surface area contributed by atoms with Crippen molar-refractivity contribution in [3.8, 4) is 0 Å². The molecule has 1 heterocycles. The number of cyclic esters (lactones) is 1. The molecule has 0 aromatic rings. The Balaban J connectivity index is 2.23. The fourth-order valence-corrected chi connectivity index (χ4v) is 1.21. The molecule has 0 radical (unpaired) electrons. The van der Waals surface area contributed by atoms with E-state index >= 15 is 0 Å². The summed E-state index contributed by atoms with van der Waals surface area (Å²) in [5.41, 5.74) is 0. The molecular formula is C10H16O4. The van der Waals surface area contributed by atoms with Crippen LogP contribution in [0.1, 0.15) is 33.1 Å². The lowest BCUT2D eigenvalue weighted by Crippen LogP contribution is -2.22. The van der Waals surface area contributed by atoms with Gasteiger partial charge in [-0.15, -0.1) is 0 Å². The minimum Gasteiger partial charge on any atom is -0.463 e. The van der Waals surface area contributed by atoms with Crippen LogP contribution in [0.3, 0.4) is 0 Å². The predicted octanol–water partition coefficient (Wildman–Crippen LogP) is 1.28. The third kappa shape index (κ3) is 3.36. The molecule has 1 atom stereocenters. The molecule has 0 aromatic carbocycles. The number of rotatable bonds is 4. The molecule has 0 amide bonds. The smallest absolute Gasteiger partial charge is 0.347 e. The van der Waals surface area contributed by atoms with Crippen LogP contribution in [-0.2, 0) is 19.1 Å². The van der Waals surface area contributed by atoms with Gasteiger partial charge in [0.25, 0.3) is 0 Å². The molecule has 1 saturated heterocycles. The van der Waals surface area contributed by atoms with E-state index in [1.165, 1.54) is 0 Å². The maximum absolute atomic E-state index is 11.2. The molecule has 1 aliphatic rings. The second-order valence-electron chi connectivity index (χ2n) is 3.87. The van der Waals surface area contributed by atoms with Crippen LogP contribution in [-0.4, -0.2) is 24.6 Å². The Morgan fingerprint density at radius 2 is 2.36 bits per heavy atom. The Kier molecular flexibility index (Phi) is 3.92. The summed E-state index contributed by atoms with van der Waals surface area (Å²) in [5, 5.41) is 0. The second kappa shape index (κ2) is 4.98. The van der Waals surface area contributed by atoms with E-state index < -0.39 is 12.1 Å². The fourth-order valence-electron chi connectivity index (χ4n) is 1.21. The van der Waals surface area contributed by atoms with Crippen LogP contribution in [0.25, 0.3) is 0 Å². The Morgan fingerprint density at radius 3 is 2.86 bits per heavy atom. The van der Waals surface area contributed by atoms with Gasteiger partial charge in [0.15, 0.2) is 0 Å². The van der Waals surface area contributed by atoms with Crippen LogP contribution in [0.15, 0.2) is 0 Å². The van der Waals surface area contributed by atoms with Gasteiger partial charge in [-0.3, -0.25) is 4.79 Å². The standard InChI is InChI=1S/C10H16O4/c1-7(2)3-4-9(11)14-8-5-6-13-10(8)12/h7-8H,3-6H2,1-2H3. The van der Waals surface area contributed by atoms with E-state index in [0.29, 0.717) is 25.4 Å². The minimum atomic E-state index is -0.658. The van der Waals surface area contributed by atoms with E-state index in [1.807, 2.05) is 13.8 Å². The summed E-state index contributed by atoms with van der Waals surface area (Å²) in [6, 6.07) is 0. The van der Waals surface area contributed by atoms with E-state index in [2.05, 4.69) is 4.74 Å². The Morgan fingerprint density at radius 1 is 1.64 bits per heavy atom. The van der Waals surface area contributed by atoms with Gasteiger partial charge in [0.2, 0.25) is 6.10 Å². The molecule has 14 heavy (non-hydrogen) atoms. The third-order valence-electron chi connectivity index (χ3n) is 2.09. The molecule has 0 N–H and O–H groups in total. The van der Waals surface area contributed by atoms with Crippen LogP contribution in [0, 0.1) is 5.92 Å². The monoisotopic (exact) mass is 200 g/mol. The molecular weight excluding hydrogens is 184 g/mol. The van der Waals surface area contributed by atoms with Crippen molar-refractivity contribution in [2.45, 2.75) is 39.2 Å². The van der Waals surface area contributed by atoms with Gasteiger partial charge in [-0.25, -0.2) is 4.79 Å². The van der Waals surface area contributed by atoms with Gasteiger partial charge >= 0.3 is 11.9 Å². The zero-order chi connectivity index (χ0) is 10.6. The van der Waals surface area contributed by atoms with Gasteiger partial charge in [0.1, 0.15) is 0 Å². The first-order chi connectivity index (χ1) is 6.59. The number of carbonyl (C=O) groups excluding carboxylic acids is 2. The zero-order valence-corrected chi connectivity index (χ0v) is 8.62. The lowest BCUT2D eigenvalue weighted by molar-refractivity contribution is -0.160. The Labute approximate surface area is 83.6 Å². The summed E-state index contributed by atoms with van der Waals surface area (Å²) < 4.78 is 9.64. The van der Waals surface area contributed by atoms with Crippen LogP contribution in [0.5, 0.6) is 0 Å². The Hall–Kier alpha value is -1.06. The molecule has 0 saturated carbocycles. The summed E-state index contributed by atoms with van der Waals surface area (Å²) in [7, 11) is 0. The normalized spacial score (nSPS) is 21.1. The quantitative estimate of drug-likeness (QED) is 0.641. The third-order valence-corrected chi connectivity index (χ3v) is 2.09. The highest BCUT2D eigenvalue weighted by Crippen LogP contribution is 2.12. The van der Waals surface area contributed by atoms with Crippen molar-refractivity contribution in [2.24, 2.45) is 5.92 Å². The fraction of sp³-hybridized carbons (Fsp3) is 0.800. The van der Waals surface area contributed by atoms with Crippen molar-refractivity contribution < 1.29 is 19.1 Å². The molecule has 80 valence electrons. The first-order valence-electron chi connectivity index (χ1n) is 4.95. The van der Waals surface area contributed by atoms with E-state index in [0.717, 1.165) is 6.42 Å². The van der Waals surface area contributed by atoms with Gasteiger partial charge < -0.3 is 9.47 Å². The number of hydrogen-bond acceptors (Lipinski definition) is 4. The van der Waals surface area contributed by atoms with Crippen molar-refractivity contribution in [3.63, 3.8) is 0 Å². The van der Waals surface area contributed by atoms with Crippen molar-refractivity contribution in [3.05, 3.63) is 0 Å². The van der Waals surface area contributed by atoms with Crippen LogP contribution < -0.4 is 0 Å². The molecule has 0 aromatic heterocycles. The van der Waals surface area contributed by atoms with Crippen molar-refractivity contribution in [1.29, 1.82) is 0 Å². The highest BCUT2D eigenvalue weighted by molar-refractivity contribution is 5.80. The number of ether oxygens (including phenoxy) is 2. The second-order valence-corrected chi connectivity index (χ2v) is 3.87. The molecule has 1 fully saturated rings. The molecule has 0 spiro atoms. The number of esters is 2. The van der Waals surface area contributed by atoms with Gasteiger partial charge in [-0.2, -0.15) is 0 Å². The van der Waals surface area contributed by atoms with Gasteiger partial charge in [-0.05, 0) is 12.3 Å². The highest BCUT2D eigenvalue weighted by Gasteiger charge is 2.29. The molecule has 1 rings (SSSR count). The SMILES string of the molecule is CC(C)CCC(=O)OC1CCOC1=O. The van der Waals surface area contributed by atoms with Crippen LogP contribution in [0.2, 0.25) is 0 Å². The molecule has 4 heteroatoms. The van der Waals surface area contributed by atoms with E-state index in [-0.39, 0.29) is 5.97 Å². The predicted molar refractivity (Wildman–Crippen MR) is 49.5 cm³/mol. The molecule has 0 bridgehead atoms. The largest absolute Gasteiger partial charge is 0.463 e. The summed E-state index contributed by atoms with van der Waals surface area (Å²) in [6.07, 6.45) is 1.00. The number of hydrogen-bond donors (Lipinski definition) is 0. The minimum absolute atomic E-state index is 0.303. The van der Waals surface area contributed by atoms with Crippen LogP contribution >= 0.6 is 0 Å².